The third-order valence-corrected chi connectivity index (χ3v) is 7.12. The third-order valence-electron chi connectivity index (χ3n) is 7.12. The van der Waals surface area contributed by atoms with Crippen molar-refractivity contribution in [2.45, 2.75) is 63.1 Å². The molecule has 176 valence electrons. The Hall–Kier alpha value is -3.31. The number of rotatable bonds is 4. The molecule has 0 spiro atoms. The van der Waals surface area contributed by atoms with Crippen molar-refractivity contribution in [3.8, 4) is 6.07 Å². The largest absolute Gasteiger partial charge is 0.381 e. The van der Waals surface area contributed by atoms with E-state index in [4.69, 9.17) is 9.72 Å². The Morgan fingerprint density at radius 1 is 1.06 bits per heavy atom. The highest BCUT2D eigenvalue weighted by molar-refractivity contribution is 5.95. The number of carbonyl (C=O) groups excluding carboxylic acids is 1. The van der Waals surface area contributed by atoms with Crippen LogP contribution in [0.1, 0.15) is 68.4 Å². The molecule has 1 aliphatic heterocycles. The predicted molar refractivity (Wildman–Crippen MR) is 123 cm³/mol. The summed E-state index contributed by atoms with van der Waals surface area (Å²) in [4.78, 5) is 19.6. The lowest BCUT2D eigenvalue weighted by Crippen LogP contribution is -2.40. The van der Waals surface area contributed by atoms with Gasteiger partial charge < -0.3 is 14.2 Å². The van der Waals surface area contributed by atoms with Crippen LogP contribution in [0, 0.1) is 23.0 Å². The summed E-state index contributed by atoms with van der Waals surface area (Å²) in [6.45, 7) is 0. The van der Waals surface area contributed by atoms with Gasteiger partial charge in [-0.2, -0.15) is 5.26 Å². The summed E-state index contributed by atoms with van der Waals surface area (Å²) in [5, 5.41) is 9.38. The quantitative estimate of drug-likeness (QED) is 0.506. The SMILES string of the molecule is COC1CCC(n2c([C@@H]3CCCC(=O)N3c3ccc(F)c(F)c3)nc3cc(C#N)ccc32)CC1. The van der Waals surface area contributed by atoms with Gasteiger partial charge in [0.1, 0.15) is 5.82 Å². The molecule has 2 aliphatic rings. The van der Waals surface area contributed by atoms with Crippen molar-refractivity contribution in [1.29, 1.82) is 5.26 Å². The number of fused-ring (bicyclic) bond motifs is 1. The lowest BCUT2D eigenvalue weighted by atomic mass is 9.91. The molecule has 2 fully saturated rings. The Labute approximate surface area is 196 Å². The number of piperidine rings is 1. The number of nitrogens with zero attached hydrogens (tertiary/aromatic N) is 4. The molecule has 1 saturated carbocycles. The van der Waals surface area contributed by atoms with Crippen LogP contribution < -0.4 is 4.90 Å². The van der Waals surface area contributed by atoms with E-state index >= 15 is 0 Å². The number of nitriles is 1. The van der Waals surface area contributed by atoms with E-state index in [1.807, 2.05) is 6.07 Å². The molecule has 1 amide bonds. The van der Waals surface area contributed by atoms with Crippen LogP contribution in [0.2, 0.25) is 0 Å². The topological polar surface area (TPSA) is 71.2 Å². The number of halogens is 2. The Morgan fingerprint density at radius 3 is 2.56 bits per heavy atom. The second kappa shape index (κ2) is 9.15. The maximum Gasteiger partial charge on any atom is 0.227 e. The number of hydrogen-bond donors (Lipinski definition) is 0. The lowest BCUT2D eigenvalue weighted by Gasteiger charge is -2.37. The molecule has 2 heterocycles. The zero-order chi connectivity index (χ0) is 23.8. The standard InChI is InChI=1S/C26H26F2N4O2/c1-34-19-9-6-17(7-10-19)32-23-12-5-16(15-29)13-22(23)30-26(32)24-3-2-4-25(33)31(24)18-8-11-20(27)21(28)14-18/h5,8,11-14,17,19,24H,2-4,6-7,9-10H2,1H3/t17?,19?,24-/m0/s1. The molecule has 0 radical (unpaired) electrons. The molecule has 0 bridgehead atoms. The summed E-state index contributed by atoms with van der Waals surface area (Å²) in [5.74, 6) is -1.35. The van der Waals surface area contributed by atoms with Gasteiger partial charge in [-0.25, -0.2) is 13.8 Å². The molecule has 8 heteroatoms. The minimum absolute atomic E-state index is 0.137. The Balaban J connectivity index is 1.64. The van der Waals surface area contributed by atoms with Gasteiger partial charge in [0.05, 0.1) is 34.8 Å². The van der Waals surface area contributed by atoms with E-state index in [1.54, 1.807) is 24.1 Å². The van der Waals surface area contributed by atoms with Crippen LogP contribution in [-0.4, -0.2) is 28.7 Å². The van der Waals surface area contributed by atoms with E-state index in [-0.39, 0.29) is 18.1 Å². The fourth-order valence-corrected chi connectivity index (χ4v) is 5.42. The van der Waals surface area contributed by atoms with Gasteiger partial charge in [0.25, 0.3) is 0 Å². The number of anilines is 1. The van der Waals surface area contributed by atoms with E-state index in [0.717, 1.165) is 49.2 Å². The molecule has 3 aromatic rings. The summed E-state index contributed by atoms with van der Waals surface area (Å²) in [7, 11) is 1.74. The maximum absolute atomic E-state index is 14.1. The number of benzene rings is 2. The van der Waals surface area contributed by atoms with Crippen LogP contribution in [0.3, 0.4) is 0 Å². The van der Waals surface area contributed by atoms with Crippen molar-refractivity contribution in [2.75, 3.05) is 12.0 Å². The van der Waals surface area contributed by atoms with Crippen LogP contribution in [0.4, 0.5) is 14.5 Å². The third kappa shape index (κ3) is 3.94. The van der Waals surface area contributed by atoms with E-state index < -0.39 is 17.7 Å². The highest BCUT2D eigenvalue weighted by atomic mass is 19.2. The number of imidazole rings is 1. The number of carbonyl (C=O) groups is 1. The van der Waals surface area contributed by atoms with Gasteiger partial charge in [-0.15, -0.1) is 0 Å². The van der Waals surface area contributed by atoms with Gasteiger partial charge in [0.2, 0.25) is 5.91 Å². The summed E-state index contributed by atoms with van der Waals surface area (Å²) in [6.07, 6.45) is 5.58. The van der Waals surface area contributed by atoms with Gasteiger partial charge in [-0.3, -0.25) is 4.79 Å². The van der Waals surface area contributed by atoms with Crippen molar-refractivity contribution >= 4 is 22.6 Å². The molecule has 1 aliphatic carbocycles. The van der Waals surface area contributed by atoms with Crippen molar-refractivity contribution in [2.24, 2.45) is 0 Å². The summed E-state index contributed by atoms with van der Waals surface area (Å²) in [6, 6.07) is 11.0. The monoisotopic (exact) mass is 464 g/mol. The smallest absolute Gasteiger partial charge is 0.227 e. The van der Waals surface area contributed by atoms with Crippen LogP contribution >= 0.6 is 0 Å². The second-order valence-electron chi connectivity index (χ2n) is 9.09. The molecular weight excluding hydrogens is 438 g/mol. The van der Waals surface area contributed by atoms with E-state index in [1.165, 1.54) is 6.07 Å². The van der Waals surface area contributed by atoms with Gasteiger partial charge in [-0.05, 0) is 68.9 Å². The van der Waals surface area contributed by atoms with Crippen LogP contribution in [0.5, 0.6) is 0 Å². The molecular formula is C26H26F2N4O2. The summed E-state index contributed by atoms with van der Waals surface area (Å²) < 4.78 is 35.5. The Morgan fingerprint density at radius 2 is 1.85 bits per heavy atom. The molecule has 6 nitrogen and oxygen atoms in total. The van der Waals surface area contributed by atoms with Gasteiger partial charge in [0, 0.05) is 31.3 Å². The minimum atomic E-state index is -0.986. The molecule has 2 aromatic carbocycles. The first-order valence-corrected chi connectivity index (χ1v) is 11.7. The Kier molecular flexibility index (Phi) is 6.05. The van der Waals surface area contributed by atoms with E-state index in [0.29, 0.717) is 36.0 Å². The molecule has 0 N–H and O–H groups in total. The number of ether oxygens (including phenoxy) is 1. The zero-order valence-corrected chi connectivity index (χ0v) is 19.0. The first-order chi connectivity index (χ1) is 16.5. The zero-order valence-electron chi connectivity index (χ0n) is 19.0. The first-order valence-electron chi connectivity index (χ1n) is 11.7. The van der Waals surface area contributed by atoms with Crippen molar-refractivity contribution in [1.82, 2.24) is 9.55 Å². The normalized spacial score (nSPS) is 23.3. The first kappa shape index (κ1) is 22.5. The van der Waals surface area contributed by atoms with Gasteiger partial charge >= 0.3 is 0 Å². The fourth-order valence-electron chi connectivity index (χ4n) is 5.42. The van der Waals surface area contributed by atoms with Crippen molar-refractivity contribution < 1.29 is 18.3 Å². The van der Waals surface area contributed by atoms with Gasteiger partial charge in [-0.1, -0.05) is 0 Å². The summed E-state index contributed by atoms with van der Waals surface area (Å²) >= 11 is 0. The Bertz CT molecular complexity index is 1270. The van der Waals surface area contributed by atoms with Crippen molar-refractivity contribution in [3.63, 3.8) is 0 Å². The predicted octanol–water partition coefficient (Wildman–Crippen LogP) is 5.57. The molecule has 1 aromatic heterocycles. The molecule has 1 atom stereocenters. The van der Waals surface area contributed by atoms with Crippen LogP contribution in [-0.2, 0) is 9.53 Å². The number of aromatic nitrogens is 2. The van der Waals surface area contributed by atoms with E-state index in [9.17, 15) is 18.8 Å². The highest BCUT2D eigenvalue weighted by Gasteiger charge is 2.36. The van der Waals surface area contributed by atoms with E-state index in [2.05, 4.69) is 10.6 Å². The second-order valence-corrected chi connectivity index (χ2v) is 9.09. The number of hydrogen-bond acceptors (Lipinski definition) is 4. The maximum atomic E-state index is 14.1. The highest BCUT2D eigenvalue weighted by Crippen LogP contribution is 2.41. The van der Waals surface area contributed by atoms with Crippen LogP contribution in [0.25, 0.3) is 11.0 Å². The minimum Gasteiger partial charge on any atom is -0.381 e. The van der Waals surface area contributed by atoms with Crippen molar-refractivity contribution in [3.05, 3.63) is 59.4 Å². The number of methoxy groups -OCH3 is 1. The molecule has 0 unspecified atom stereocenters. The fraction of sp³-hybridized carbons (Fsp3) is 0.423. The average molecular weight is 465 g/mol. The van der Waals surface area contributed by atoms with Crippen LogP contribution in [0.15, 0.2) is 36.4 Å². The lowest BCUT2D eigenvalue weighted by molar-refractivity contribution is -0.120. The number of amides is 1. The summed E-state index contributed by atoms with van der Waals surface area (Å²) in [5.41, 5.74) is 2.46. The molecule has 5 rings (SSSR count). The molecule has 34 heavy (non-hydrogen) atoms. The van der Waals surface area contributed by atoms with Gasteiger partial charge in [0.15, 0.2) is 11.6 Å². The molecule has 1 saturated heterocycles. The average Bonchev–Trinajstić information content (AvgIpc) is 3.24.